The Kier molecular flexibility index (Phi) is 2.98. The summed E-state index contributed by atoms with van der Waals surface area (Å²) in [6.07, 6.45) is 1.20. The van der Waals surface area contributed by atoms with Crippen LogP contribution in [0.3, 0.4) is 0 Å². The lowest BCUT2D eigenvalue weighted by atomic mass is 10.2. The van der Waals surface area contributed by atoms with E-state index in [1.165, 1.54) is 4.80 Å². The number of tetrazole rings is 1. The summed E-state index contributed by atoms with van der Waals surface area (Å²) < 4.78 is 10.6. The second-order valence-corrected chi connectivity index (χ2v) is 4.04. The summed E-state index contributed by atoms with van der Waals surface area (Å²) >= 11 is 0. The largest absolute Gasteiger partial charge is 0.454 e. The highest BCUT2D eigenvalue weighted by molar-refractivity contribution is 5.60. The summed E-state index contributed by atoms with van der Waals surface area (Å²) in [6.45, 7) is 0.832. The summed E-state index contributed by atoms with van der Waals surface area (Å²) in [4.78, 5) is 1.50. The van der Waals surface area contributed by atoms with Crippen molar-refractivity contribution in [2.75, 3.05) is 6.79 Å². The van der Waals surface area contributed by atoms with Crippen molar-refractivity contribution in [3.05, 3.63) is 18.2 Å². The third kappa shape index (κ3) is 2.33. The molecule has 2 heterocycles. The van der Waals surface area contributed by atoms with Crippen LogP contribution >= 0.6 is 0 Å². The molecule has 0 aliphatic carbocycles. The fourth-order valence-electron chi connectivity index (χ4n) is 1.79. The Bertz CT molecular complexity index is 631. The molecule has 0 fully saturated rings. The predicted octanol–water partition coefficient (Wildman–Crippen LogP) is 1.37. The number of unbranched alkanes of at least 4 members (excludes halogenated alkanes) is 1. The second-order valence-electron chi connectivity index (χ2n) is 4.04. The van der Waals surface area contributed by atoms with Crippen molar-refractivity contribution < 1.29 is 9.47 Å². The zero-order valence-corrected chi connectivity index (χ0v) is 10.1. The third-order valence-corrected chi connectivity index (χ3v) is 2.73. The van der Waals surface area contributed by atoms with Crippen molar-refractivity contribution in [1.82, 2.24) is 20.2 Å². The van der Waals surface area contributed by atoms with E-state index in [0.29, 0.717) is 31.0 Å². The summed E-state index contributed by atoms with van der Waals surface area (Å²) in [5, 5.41) is 20.7. The van der Waals surface area contributed by atoms with Crippen molar-refractivity contribution in [1.29, 1.82) is 5.26 Å². The van der Waals surface area contributed by atoms with E-state index in [1.54, 1.807) is 0 Å². The van der Waals surface area contributed by atoms with Crippen LogP contribution in [-0.2, 0) is 6.54 Å². The molecule has 0 atom stereocenters. The zero-order valence-electron chi connectivity index (χ0n) is 10.1. The van der Waals surface area contributed by atoms with Crippen molar-refractivity contribution in [2.45, 2.75) is 19.4 Å². The van der Waals surface area contributed by atoms with E-state index in [2.05, 4.69) is 21.5 Å². The van der Waals surface area contributed by atoms with Gasteiger partial charge < -0.3 is 9.47 Å². The molecule has 1 aromatic carbocycles. The maximum atomic E-state index is 8.48. The molecule has 3 rings (SSSR count). The van der Waals surface area contributed by atoms with Crippen LogP contribution in [0.15, 0.2) is 18.2 Å². The predicted molar refractivity (Wildman–Crippen MR) is 64.2 cm³/mol. The van der Waals surface area contributed by atoms with E-state index in [1.807, 2.05) is 18.2 Å². The Hall–Kier alpha value is -2.62. The Labute approximate surface area is 109 Å². The monoisotopic (exact) mass is 257 g/mol. The van der Waals surface area contributed by atoms with Crippen molar-refractivity contribution in [3.63, 3.8) is 0 Å². The van der Waals surface area contributed by atoms with Gasteiger partial charge in [0.05, 0.1) is 12.6 Å². The Morgan fingerprint density at radius 3 is 3.11 bits per heavy atom. The topological polar surface area (TPSA) is 85.9 Å². The number of aromatic nitrogens is 4. The molecule has 96 valence electrons. The van der Waals surface area contributed by atoms with Gasteiger partial charge >= 0.3 is 0 Å². The molecular formula is C12H11N5O2. The number of nitriles is 1. The minimum Gasteiger partial charge on any atom is -0.454 e. The highest BCUT2D eigenvalue weighted by Gasteiger charge is 2.15. The van der Waals surface area contributed by atoms with Crippen LogP contribution in [0.5, 0.6) is 11.5 Å². The van der Waals surface area contributed by atoms with Crippen LogP contribution < -0.4 is 9.47 Å². The first-order valence-corrected chi connectivity index (χ1v) is 5.91. The first-order chi connectivity index (χ1) is 9.36. The van der Waals surface area contributed by atoms with Crippen LogP contribution in [0.25, 0.3) is 11.4 Å². The maximum absolute atomic E-state index is 8.48. The fraction of sp³-hybridized carbons (Fsp3) is 0.333. The molecule has 0 bridgehead atoms. The fourth-order valence-corrected chi connectivity index (χ4v) is 1.79. The number of aryl methyl sites for hydroxylation is 1. The van der Waals surface area contributed by atoms with E-state index in [0.717, 1.165) is 11.3 Å². The average molecular weight is 257 g/mol. The molecular weight excluding hydrogens is 246 g/mol. The summed E-state index contributed by atoms with van der Waals surface area (Å²) in [6, 6.07) is 7.61. The highest BCUT2D eigenvalue weighted by atomic mass is 16.7. The van der Waals surface area contributed by atoms with E-state index in [-0.39, 0.29) is 6.79 Å². The summed E-state index contributed by atoms with van der Waals surface area (Å²) in [7, 11) is 0. The number of ether oxygens (including phenoxy) is 2. The van der Waals surface area contributed by atoms with Crippen LogP contribution in [0.1, 0.15) is 12.8 Å². The van der Waals surface area contributed by atoms with Gasteiger partial charge in [0.25, 0.3) is 0 Å². The van der Waals surface area contributed by atoms with Gasteiger partial charge in [0.1, 0.15) is 0 Å². The van der Waals surface area contributed by atoms with Crippen LogP contribution in [0.2, 0.25) is 0 Å². The van der Waals surface area contributed by atoms with Gasteiger partial charge in [-0.1, -0.05) is 0 Å². The first kappa shape index (κ1) is 11.5. The normalized spacial score (nSPS) is 12.4. The van der Waals surface area contributed by atoms with Gasteiger partial charge in [0.2, 0.25) is 12.6 Å². The smallest absolute Gasteiger partial charge is 0.231 e. The van der Waals surface area contributed by atoms with Crippen LogP contribution in [0.4, 0.5) is 0 Å². The number of fused-ring (bicyclic) bond motifs is 1. The lowest BCUT2D eigenvalue weighted by molar-refractivity contribution is 0.174. The van der Waals surface area contributed by atoms with Crippen molar-refractivity contribution >= 4 is 0 Å². The molecule has 2 aromatic rings. The number of rotatable bonds is 4. The molecule has 7 nitrogen and oxygen atoms in total. The van der Waals surface area contributed by atoms with Gasteiger partial charge in [0.15, 0.2) is 11.5 Å². The summed E-state index contributed by atoms with van der Waals surface area (Å²) in [5.41, 5.74) is 0.829. The van der Waals surface area contributed by atoms with E-state index >= 15 is 0 Å². The van der Waals surface area contributed by atoms with E-state index in [9.17, 15) is 0 Å². The molecule has 1 aliphatic rings. The van der Waals surface area contributed by atoms with Gasteiger partial charge in [-0.05, 0) is 29.8 Å². The van der Waals surface area contributed by atoms with Crippen molar-refractivity contribution in [2.24, 2.45) is 0 Å². The SMILES string of the molecule is N#CCCCn1nnc(-c2ccc3c(c2)OCO3)n1. The Balaban J connectivity index is 1.77. The molecule has 0 spiro atoms. The van der Waals surface area contributed by atoms with Crippen LogP contribution in [0, 0.1) is 11.3 Å². The molecule has 1 aromatic heterocycles. The zero-order chi connectivity index (χ0) is 13.1. The molecule has 19 heavy (non-hydrogen) atoms. The molecule has 0 unspecified atom stereocenters. The average Bonchev–Trinajstić information content (AvgIpc) is 3.06. The number of hydrogen-bond acceptors (Lipinski definition) is 6. The highest BCUT2D eigenvalue weighted by Crippen LogP contribution is 2.34. The Morgan fingerprint density at radius 2 is 2.21 bits per heavy atom. The van der Waals surface area contributed by atoms with Gasteiger partial charge in [-0.2, -0.15) is 10.1 Å². The molecule has 1 aliphatic heterocycles. The Morgan fingerprint density at radius 1 is 1.32 bits per heavy atom. The standard InChI is InChI=1S/C12H11N5O2/c13-5-1-2-6-17-15-12(14-16-17)9-3-4-10-11(7-9)19-8-18-10/h3-4,7H,1-2,6,8H2. The molecule has 0 amide bonds. The van der Waals surface area contributed by atoms with E-state index < -0.39 is 0 Å². The van der Waals surface area contributed by atoms with Gasteiger partial charge in [0, 0.05) is 12.0 Å². The summed E-state index contributed by atoms with van der Waals surface area (Å²) in [5.74, 6) is 1.96. The first-order valence-electron chi connectivity index (χ1n) is 5.91. The molecule has 7 heteroatoms. The number of benzene rings is 1. The minimum absolute atomic E-state index is 0.243. The third-order valence-electron chi connectivity index (χ3n) is 2.73. The maximum Gasteiger partial charge on any atom is 0.231 e. The molecule has 0 N–H and O–H groups in total. The van der Waals surface area contributed by atoms with Gasteiger partial charge in [-0.25, -0.2) is 0 Å². The van der Waals surface area contributed by atoms with E-state index in [4.69, 9.17) is 14.7 Å². The number of hydrogen-bond donors (Lipinski definition) is 0. The number of nitrogens with zero attached hydrogens (tertiary/aromatic N) is 5. The quantitative estimate of drug-likeness (QED) is 0.769. The van der Waals surface area contributed by atoms with Crippen LogP contribution in [-0.4, -0.2) is 27.0 Å². The lowest BCUT2D eigenvalue weighted by Gasteiger charge is -1.98. The second kappa shape index (κ2) is 4.94. The van der Waals surface area contributed by atoms with Gasteiger partial charge in [-0.15, -0.1) is 10.2 Å². The molecule has 0 radical (unpaired) electrons. The molecule has 0 saturated carbocycles. The van der Waals surface area contributed by atoms with Crippen molar-refractivity contribution in [3.8, 4) is 29.0 Å². The molecule has 0 saturated heterocycles. The lowest BCUT2D eigenvalue weighted by Crippen LogP contribution is -2.02. The van der Waals surface area contributed by atoms with Gasteiger partial charge in [-0.3, -0.25) is 0 Å². The minimum atomic E-state index is 0.243.